The highest BCUT2D eigenvalue weighted by molar-refractivity contribution is 14.0. The fourth-order valence-electron chi connectivity index (χ4n) is 3.04. The maximum Gasteiger partial charge on any atom is 0.188 e. The van der Waals surface area contributed by atoms with Crippen LogP contribution < -0.4 is 11.1 Å². The van der Waals surface area contributed by atoms with E-state index in [0.29, 0.717) is 25.2 Å². The smallest absolute Gasteiger partial charge is 0.188 e. The van der Waals surface area contributed by atoms with Crippen LogP contribution in [0.15, 0.2) is 4.99 Å². The number of rotatable bonds is 5. The lowest BCUT2D eigenvalue weighted by Crippen LogP contribution is -2.42. The first-order valence-corrected chi connectivity index (χ1v) is 7.49. The Morgan fingerprint density at radius 3 is 2.70 bits per heavy atom. The number of hydrogen-bond acceptors (Lipinski definition) is 3. The molecule has 0 aromatic heterocycles. The summed E-state index contributed by atoms with van der Waals surface area (Å²) in [5, 5.41) is 12.5. The van der Waals surface area contributed by atoms with Gasteiger partial charge in [-0.3, -0.25) is 4.99 Å². The molecular weight excluding hydrogens is 369 g/mol. The van der Waals surface area contributed by atoms with E-state index in [1.165, 1.54) is 32.1 Å². The van der Waals surface area contributed by atoms with Crippen LogP contribution in [0.5, 0.6) is 0 Å². The molecule has 0 spiro atoms. The summed E-state index contributed by atoms with van der Waals surface area (Å²) in [4.78, 5) is 4.48. The molecule has 6 heteroatoms. The number of nitrogens with one attached hydrogen (secondary N) is 1. The molecule has 1 aliphatic heterocycles. The zero-order valence-corrected chi connectivity index (χ0v) is 14.5. The van der Waals surface area contributed by atoms with E-state index in [9.17, 15) is 0 Å². The van der Waals surface area contributed by atoms with Crippen molar-refractivity contribution in [2.24, 2.45) is 16.1 Å². The average molecular weight is 397 g/mol. The topological polar surface area (TPSA) is 79.9 Å². The van der Waals surface area contributed by atoms with Gasteiger partial charge >= 0.3 is 0 Å². The van der Waals surface area contributed by atoms with Gasteiger partial charge in [-0.15, -0.1) is 24.0 Å². The Morgan fingerprint density at radius 1 is 1.35 bits per heavy atom. The third-order valence-corrected chi connectivity index (χ3v) is 4.37. The molecule has 1 unspecified atom stereocenters. The van der Waals surface area contributed by atoms with Gasteiger partial charge in [-0.25, -0.2) is 0 Å². The van der Waals surface area contributed by atoms with Crippen molar-refractivity contribution in [2.75, 3.05) is 26.4 Å². The molecule has 2 fully saturated rings. The second-order valence-corrected chi connectivity index (χ2v) is 5.96. The van der Waals surface area contributed by atoms with Crippen molar-refractivity contribution in [1.82, 2.24) is 5.32 Å². The fourth-order valence-corrected chi connectivity index (χ4v) is 3.04. The van der Waals surface area contributed by atoms with E-state index in [1.807, 2.05) is 0 Å². The first-order valence-electron chi connectivity index (χ1n) is 7.49. The maximum atomic E-state index is 9.17. The SMILES string of the molecule is I.NC(=NCC1(CCO)CCOC1)NC1CCCCC1. The number of ether oxygens (including phenoxy) is 1. The van der Waals surface area contributed by atoms with Crippen molar-refractivity contribution in [2.45, 2.75) is 51.0 Å². The highest BCUT2D eigenvalue weighted by Gasteiger charge is 2.34. The summed E-state index contributed by atoms with van der Waals surface area (Å²) >= 11 is 0. The van der Waals surface area contributed by atoms with Crippen LogP contribution in [0.1, 0.15) is 44.9 Å². The van der Waals surface area contributed by atoms with E-state index in [-0.39, 0.29) is 36.0 Å². The van der Waals surface area contributed by atoms with Crippen molar-refractivity contribution in [3.05, 3.63) is 0 Å². The van der Waals surface area contributed by atoms with Crippen LogP contribution in [-0.4, -0.2) is 43.5 Å². The number of aliphatic hydroxyl groups excluding tert-OH is 1. The number of guanidine groups is 1. The van der Waals surface area contributed by atoms with Crippen LogP contribution >= 0.6 is 24.0 Å². The summed E-state index contributed by atoms with van der Waals surface area (Å²) < 4.78 is 5.45. The highest BCUT2D eigenvalue weighted by Crippen LogP contribution is 2.32. The molecule has 20 heavy (non-hydrogen) atoms. The van der Waals surface area contributed by atoms with Gasteiger partial charge in [-0.05, 0) is 25.7 Å². The lowest BCUT2D eigenvalue weighted by atomic mass is 9.84. The van der Waals surface area contributed by atoms with Crippen molar-refractivity contribution < 1.29 is 9.84 Å². The number of aliphatic imine (C=N–C) groups is 1. The second-order valence-electron chi connectivity index (χ2n) is 5.96. The number of nitrogens with two attached hydrogens (primary N) is 1. The quantitative estimate of drug-likeness (QED) is 0.374. The predicted octanol–water partition coefficient (Wildman–Crippen LogP) is 1.63. The van der Waals surface area contributed by atoms with E-state index in [1.54, 1.807) is 0 Å². The minimum absolute atomic E-state index is 0. The minimum atomic E-state index is -0.00633. The van der Waals surface area contributed by atoms with Crippen LogP contribution in [0.4, 0.5) is 0 Å². The molecule has 1 saturated carbocycles. The molecule has 5 nitrogen and oxygen atoms in total. The Labute approximate surface area is 138 Å². The van der Waals surface area contributed by atoms with Gasteiger partial charge in [0.1, 0.15) is 0 Å². The number of halogens is 1. The van der Waals surface area contributed by atoms with Crippen molar-refractivity contribution >= 4 is 29.9 Å². The number of nitrogens with zero attached hydrogens (tertiary/aromatic N) is 1. The fraction of sp³-hybridized carbons (Fsp3) is 0.929. The van der Waals surface area contributed by atoms with Gasteiger partial charge in [-0.2, -0.15) is 0 Å². The maximum absolute atomic E-state index is 9.17. The Morgan fingerprint density at radius 2 is 2.10 bits per heavy atom. The van der Waals surface area contributed by atoms with Gasteiger partial charge in [0.25, 0.3) is 0 Å². The third-order valence-electron chi connectivity index (χ3n) is 4.37. The molecule has 2 rings (SSSR count). The summed E-state index contributed by atoms with van der Waals surface area (Å²) in [5.74, 6) is 0.552. The summed E-state index contributed by atoms with van der Waals surface area (Å²) in [6, 6.07) is 0.492. The van der Waals surface area contributed by atoms with Gasteiger partial charge in [-0.1, -0.05) is 19.3 Å². The van der Waals surface area contributed by atoms with E-state index < -0.39 is 0 Å². The Kier molecular flexibility index (Phi) is 8.13. The Bertz CT molecular complexity index is 301. The lowest BCUT2D eigenvalue weighted by Gasteiger charge is -2.26. The summed E-state index contributed by atoms with van der Waals surface area (Å²) in [6.07, 6.45) is 8.01. The molecule has 118 valence electrons. The molecule has 2 aliphatic rings. The van der Waals surface area contributed by atoms with Crippen LogP contribution in [0, 0.1) is 5.41 Å². The summed E-state index contributed by atoms with van der Waals surface area (Å²) in [5.41, 5.74) is 5.97. The minimum Gasteiger partial charge on any atom is -0.396 e. The van der Waals surface area contributed by atoms with Gasteiger partial charge in [0, 0.05) is 24.7 Å². The predicted molar refractivity (Wildman–Crippen MR) is 91.5 cm³/mol. The zero-order chi connectivity index (χ0) is 13.6. The summed E-state index contributed by atoms with van der Waals surface area (Å²) in [6.45, 7) is 2.30. The van der Waals surface area contributed by atoms with E-state index in [0.717, 1.165) is 19.4 Å². The standard InChI is InChI=1S/C14H27N3O2.HI/c15-13(17-12-4-2-1-3-5-12)16-10-14(6-8-18)7-9-19-11-14;/h12,18H,1-11H2,(H3,15,16,17);1H. The van der Waals surface area contributed by atoms with E-state index in [4.69, 9.17) is 15.6 Å². The zero-order valence-electron chi connectivity index (χ0n) is 12.1. The van der Waals surface area contributed by atoms with Crippen LogP contribution in [0.2, 0.25) is 0 Å². The molecule has 1 atom stereocenters. The van der Waals surface area contributed by atoms with Crippen LogP contribution in [0.3, 0.4) is 0 Å². The number of hydrogen-bond donors (Lipinski definition) is 3. The molecule has 1 heterocycles. The molecule has 4 N–H and O–H groups in total. The molecule has 1 saturated heterocycles. The summed E-state index contributed by atoms with van der Waals surface area (Å²) in [7, 11) is 0. The molecule has 1 aliphatic carbocycles. The van der Waals surface area contributed by atoms with Gasteiger partial charge < -0.3 is 20.9 Å². The molecular formula is C14H28IN3O2. The average Bonchev–Trinajstić information content (AvgIpc) is 2.87. The Balaban J connectivity index is 0.00000200. The third kappa shape index (κ3) is 5.37. The Hall–Kier alpha value is -0.0800. The van der Waals surface area contributed by atoms with Gasteiger partial charge in [0.15, 0.2) is 5.96 Å². The normalized spacial score (nSPS) is 28.1. The van der Waals surface area contributed by atoms with Crippen molar-refractivity contribution in [3.8, 4) is 0 Å². The monoisotopic (exact) mass is 397 g/mol. The van der Waals surface area contributed by atoms with E-state index >= 15 is 0 Å². The van der Waals surface area contributed by atoms with Gasteiger partial charge in [0.05, 0.1) is 13.2 Å². The van der Waals surface area contributed by atoms with Crippen LogP contribution in [-0.2, 0) is 4.74 Å². The van der Waals surface area contributed by atoms with E-state index in [2.05, 4.69) is 10.3 Å². The largest absolute Gasteiger partial charge is 0.396 e. The van der Waals surface area contributed by atoms with Crippen LogP contribution in [0.25, 0.3) is 0 Å². The molecule has 0 amide bonds. The van der Waals surface area contributed by atoms with Crippen molar-refractivity contribution in [1.29, 1.82) is 0 Å². The second kappa shape index (κ2) is 9.04. The first kappa shape index (κ1) is 18.0. The molecule has 0 radical (unpaired) electrons. The molecule has 0 aromatic carbocycles. The lowest BCUT2D eigenvalue weighted by molar-refractivity contribution is 0.131. The number of aliphatic hydroxyl groups is 1. The van der Waals surface area contributed by atoms with Crippen molar-refractivity contribution in [3.63, 3.8) is 0 Å². The molecule has 0 aromatic rings. The highest BCUT2D eigenvalue weighted by atomic mass is 127. The molecule has 0 bridgehead atoms. The van der Waals surface area contributed by atoms with Gasteiger partial charge in [0.2, 0.25) is 0 Å². The first-order chi connectivity index (χ1) is 9.24.